The van der Waals surface area contributed by atoms with E-state index in [1.165, 1.54) is 50.5 Å². The molecule has 1 rings (SSSR count). The van der Waals surface area contributed by atoms with Crippen molar-refractivity contribution in [2.75, 3.05) is 46.5 Å². The minimum atomic E-state index is -0.312. The fraction of sp³-hybridized carbons (Fsp3) is 0.791. The number of amides is 1. The third-order valence-electron chi connectivity index (χ3n) is 14.4. The quantitative estimate of drug-likeness (QED) is 0.0325. The van der Waals surface area contributed by atoms with E-state index in [0.717, 1.165) is 96.3 Å². The second kappa shape index (κ2) is 53.4. The lowest BCUT2D eigenvalue weighted by molar-refractivity contribution is -0.154. The maximum Gasteiger partial charge on any atom is 0.311 e. The van der Waals surface area contributed by atoms with Crippen molar-refractivity contribution in [2.45, 2.75) is 269 Å². The Hall–Kier alpha value is -3.62. The summed E-state index contributed by atoms with van der Waals surface area (Å²) in [6.45, 7) is 54.9. The average molecular weight is 1080 g/mol. The van der Waals surface area contributed by atoms with Crippen LogP contribution in [0.1, 0.15) is 275 Å². The minimum absolute atomic E-state index is 0. The van der Waals surface area contributed by atoms with Crippen LogP contribution in [0.2, 0.25) is 0 Å². The largest absolute Gasteiger partial charge is 0.469 e. The molecule has 0 spiro atoms. The van der Waals surface area contributed by atoms with E-state index in [1.807, 2.05) is 81.1 Å². The van der Waals surface area contributed by atoms with E-state index >= 15 is 0 Å². The van der Waals surface area contributed by atoms with E-state index in [1.54, 1.807) is 0 Å². The second-order valence-corrected chi connectivity index (χ2v) is 21.8. The number of hydrogen-bond acceptors (Lipinski definition) is 8. The Morgan fingerprint density at radius 2 is 1.04 bits per heavy atom. The van der Waals surface area contributed by atoms with E-state index in [-0.39, 0.29) is 54.9 Å². The number of benzene rings is 1. The van der Waals surface area contributed by atoms with Gasteiger partial charge in [-0.3, -0.25) is 19.2 Å². The van der Waals surface area contributed by atoms with Gasteiger partial charge < -0.3 is 24.0 Å². The number of rotatable bonds is 30. The molecular weight excluding hydrogens is 945 g/mol. The first-order chi connectivity index (χ1) is 34.7. The SMILES string of the molecule is C.C.C=C(C(C)C(C)CC)N(CC)CC/C=C/CCCC.CCC(C)(C)C(=O)OC.CCC(C)c1ccccc1.CCCCN(CCC)C(=O)C(C)CC.CCCCOC(=O)C(C)(C)CC.CCOC(=O)C(C)(C)CC. The van der Waals surface area contributed by atoms with Crippen LogP contribution in [0.3, 0.4) is 0 Å². The number of methoxy groups -OCH3 is 1. The lowest BCUT2D eigenvalue weighted by Gasteiger charge is -2.31. The van der Waals surface area contributed by atoms with E-state index in [4.69, 9.17) is 9.47 Å². The Morgan fingerprint density at radius 3 is 1.42 bits per heavy atom. The van der Waals surface area contributed by atoms with Crippen molar-refractivity contribution in [3.05, 3.63) is 60.3 Å². The molecule has 0 aliphatic rings. The lowest BCUT2D eigenvalue weighted by atomic mass is 9.90. The van der Waals surface area contributed by atoms with Crippen LogP contribution in [0, 0.1) is 34.0 Å². The number of hydrogen-bond donors (Lipinski definition) is 0. The van der Waals surface area contributed by atoms with Gasteiger partial charge in [0.2, 0.25) is 5.91 Å². The Bertz CT molecular complexity index is 1540. The predicted octanol–water partition coefficient (Wildman–Crippen LogP) is 19.5. The second-order valence-electron chi connectivity index (χ2n) is 21.8. The molecule has 0 bridgehead atoms. The first kappa shape index (κ1) is 86.3. The third-order valence-corrected chi connectivity index (χ3v) is 14.4. The number of carbonyl (C=O) groups excluding carboxylic acids is 4. The molecule has 0 N–H and O–H groups in total. The summed E-state index contributed by atoms with van der Waals surface area (Å²) in [6.07, 6.45) is 20.9. The zero-order valence-corrected chi connectivity index (χ0v) is 53.2. The first-order valence-corrected chi connectivity index (χ1v) is 29.6. The summed E-state index contributed by atoms with van der Waals surface area (Å²) < 4.78 is 14.5. The van der Waals surface area contributed by atoms with Crippen LogP contribution in [0.4, 0.5) is 0 Å². The fourth-order valence-corrected chi connectivity index (χ4v) is 6.26. The van der Waals surface area contributed by atoms with Crippen molar-refractivity contribution in [1.29, 1.82) is 0 Å². The van der Waals surface area contributed by atoms with Crippen LogP contribution in [-0.4, -0.2) is 80.1 Å². The van der Waals surface area contributed by atoms with Crippen molar-refractivity contribution >= 4 is 23.8 Å². The van der Waals surface area contributed by atoms with Gasteiger partial charge >= 0.3 is 17.9 Å². The van der Waals surface area contributed by atoms with Gasteiger partial charge in [-0.05, 0) is 143 Å². The molecule has 0 aromatic heterocycles. The van der Waals surface area contributed by atoms with Crippen LogP contribution < -0.4 is 0 Å². The molecule has 0 aliphatic carbocycles. The van der Waals surface area contributed by atoms with E-state index in [2.05, 4.69) is 135 Å². The van der Waals surface area contributed by atoms with E-state index in [9.17, 15) is 19.2 Å². The van der Waals surface area contributed by atoms with Gasteiger partial charge in [0.25, 0.3) is 0 Å². The molecular formula is C67H132N2O7. The third kappa shape index (κ3) is 43.4. The van der Waals surface area contributed by atoms with E-state index < -0.39 is 0 Å². The molecule has 9 heteroatoms. The Labute approximate surface area is 475 Å². The highest BCUT2D eigenvalue weighted by Gasteiger charge is 2.28. The molecule has 4 unspecified atom stereocenters. The molecule has 0 fully saturated rings. The normalized spacial score (nSPS) is 12.2. The number of ether oxygens (including phenoxy) is 3. The predicted molar refractivity (Wildman–Crippen MR) is 335 cm³/mol. The maximum atomic E-state index is 11.9. The molecule has 0 saturated heterocycles. The topological polar surface area (TPSA) is 102 Å². The highest BCUT2D eigenvalue weighted by Crippen LogP contribution is 2.25. The highest BCUT2D eigenvalue weighted by atomic mass is 16.5. The number of esters is 3. The zero-order valence-electron chi connectivity index (χ0n) is 53.2. The molecule has 9 nitrogen and oxygen atoms in total. The summed E-state index contributed by atoms with van der Waals surface area (Å²) in [5, 5.41) is 0. The Kier molecular flexibility index (Phi) is 60.6. The van der Waals surface area contributed by atoms with Gasteiger partial charge in [0.05, 0.1) is 36.6 Å². The Morgan fingerprint density at radius 1 is 0.566 bits per heavy atom. The summed E-state index contributed by atoms with van der Waals surface area (Å²) in [6, 6.07) is 10.6. The average Bonchev–Trinajstić information content (AvgIpc) is 3.41. The number of allylic oxidation sites excluding steroid dienone is 2. The van der Waals surface area contributed by atoms with Crippen LogP contribution in [0.15, 0.2) is 54.8 Å². The fourth-order valence-electron chi connectivity index (χ4n) is 6.26. The number of unbranched alkanes of at least 4 members (excludes halogenated alkanes) is 4. The molecule has 0 aliphatic heterocycles. The van der Waals surface area contributed by atoms with Crippen molar-refractivity contribution in [2.24, 2.45) is 34.0 Å². The lowest BCUT2D eigenvalue weighted by Crippen LogP contribution is -2.36. The molecule has 452 valence electrons. The maximum absolute atomic E-state index is 11.9. The molecule has 0 radical (unpaired) electrons. The van der Waals surface area contributed by atoms with Crippen LogP contribution in [0.25, 0.3) is 0 Å². The van der Waals surface area contributed by atoms with Gasteiger partial charge in [0, 0.05) is 37.8 Å². The standard InChI is InChI=1S/C18H35N.C12H25NO.C10H20O2.C10H14.C8H16O2.C7H14O2.2CH4/c1-7-10-11-12-13-14-15-19(9-3)18(6)17(5)16(4)8-2;1-5-8-10-13(9-6-2)12(14)11(4)7-3;1-5-7-8-12-9(11)10(3,4)6-2;1-3-9(2)10-7-5-4-6-8-10;1-5-8(3,4)7(9)10-6-2;1-5-7(2,3)6(8)9-4;;/h12-13,16-17H,6-11,14-15H2,1-5H3;11H,5-10H2,1-4H3;5-8H2,1-4H3;4-9H,3H2,1-2H3;5-6H2,1-4H3;5H2,1-4H3;2*1H4/b13-12+;;;;;;;. The molecule has 1 aromatic carbocycles. The Balaban J connectivity index is -0.000000152. The van der Waals surface area contributed by atoms with Gasteiger partial charge in [-0.1, -0.05) is 193 Å². The molecule has 1 amide bonds. The van der Waals surface area contributed by atoms with Crippen molar-refractivity contribution in [1.82, 2.24) is 9.80 Å². The zero-order chi connectivity index (χ0) is 58.3. The van der Waals surface area contributed by atoms with Gasteiger partial charge in [0.15, 0.2) is 0 Å². The summed E-state index contributed by atoms with van der Waals surface area (Å²) in [7, 11) is 1.42. The van der Waals surface area contributed by atoms with Crippen molar-refractivity contribution < 1.29 is 33.4 Å². The summed E-state index contributed by atoms with van der Waals surface area (Å²) in [5.74, 6) is 2.25. The summed E-state index contributed by atoms with van der Waals surface area (Å²) >= 11 is 0. The molecule has 4 atom stereocenters. The molecule has 0 heterocycles. The number of carbonyl (C=O) groups is 4. The monoisotopic (exact) mass is 1080 g/mol. The number of nitrogens with zero attached hydrogens (tertiary/aromatic N) is 2. The molecule has 76 heavy (non-hydrogen) atoms. The van der Waals surface area contributed by atoms with Gasteiger partial charge in [-0.2, -0.15) is 0 Å². The van der Waals surface area contributed by atoms with E-state index in [0.29, 0.717) is 31.0 Å². The highest BCUT2D eigenvalue weighted by molar-refractivity contribution is 5.78. The first-order valence-electron chi connectivity index (χ1n) is 29.6. The minimum Gasteiger partial charge on any atom is -0.469 e. The van der Waals surface area contributed by atoms with Crippen molar-refractivity contribution in [3.63, 3.8) is 0 Å². The van der Waals surface area contributed by atoms with Crippen LogP contribution in [-0.2, 0) is 33.4 Å². The summed E-state index contributed by atoms with van der Waals surface area (Å²) in [5.41, 5.74) is 1.84. The van der Waals surface area contributed by atoms with Crippen LogP contribution >= 0.6 is 0 Å². The van der Waals surface area contributed by atoms with Crippen LogP contribution in [0.5, 0.6) is 0 Å². The van der Waals surface area contributed by atoms with Gasteiger partial charge in [-0.15, -0.1) is 0 Å². The molecule has 0 saturated carbocycles. The summed E-state index contributed by atoms with van der Waals surface area (Å²) in [4.78, 5) is 49.6. The van der Waals surface area contributed by atoms with Gasteiger partial charge in [0.1, 0.15) is 0 Å². The smallest absolute Gasteiger partial charge is 0.311 e. The van der Waals surface area contributed by atoms with Crippen molar-refractivity contribution in [3.8, 4) is 0 Å². The van der Waals surface area contributed by atoms with Gasteiger partial charge in [-0.25, -0.2) is 0 Å². The molecule has 1 aromatic rings.